The number of rotatable bonds is 19. The normalized spacial score (nSPS) is 11.6. The van der Waals surface area contributed by atoms with E-state index in [-0.39, 0.29) is 5.75 Å². The quantitative estimate of drug-likeness (QED) is 0.150. The zero-order chi connectivity index (χ0) is 25.8. The van der Waals surface area contributed by atoms with Crippen LogP contribution in [0.5, 0.6) is 5.75 Å². The SMILES string of the molecule is CCCCC/C=C\C/C=C\CCCCCCCCOC(=O)NCCc1c[nH]c2ccc(F)c(OC)c12. The monoisotopic (exact) mass is 500 g/mol. The third-order valence-electron chi connectivity index (χ3n) is 6.28. The van der Waals surface area contributed by atoms with Crippen molar-refractivity contribution in [2.24, 2.45) is 0 Å². The van der Waals surface area contributed by atoms with Crippen LogP contribution in [0.25, 0.3) is 10.9 Å². The molecule has 200 valence electrons. The van der Waals surface area contributed by atoms with E-state index in [0.717, 1.165) is 36.8 Å². The van der Waals surface area contributed by atoms with Crippen LogP contribution in [0.2, 0.25) is 0 Å². The van der Waals surface area contributed by atoms with Crippen LogP contribution in [0.15, 0.2) is 42.6 Å². The van der Waals surface area contributed by atoms with Gasteiger partial charge in [-0.1, -0.05) is 69.8 Å². The molecule has 1 amide bonds. The summed E-state index contributed by atoms with van der Waals surface area (Å²) >= 11 is 0. The van der Waals surface area contributed by atoms with Crippen molar-refractivity contribution in [1.29, 1.82) is 0 Å². The summed E-state index contributed by atoms with van der Waals surface area (Å²) in [4.78, 5) is 15.1. The molecule has 0 saturated heterocycles. The Morgan fingerprint density at radius 3 is 2.39 bits per heavy atom. The second-order valence-electron chi connectivity index (χ2n) is 9.21. The molecule has 0 aliphatic rings. The summed E-state index contributed by atoms with van der Waals surface area (Å²) in [5, 5.41) is 3.49. The minimum absolute atomic E-state index is 0.226. The number of carbonyl (C=O) groups is 1. The molecule has 5 nitrogen and oxygen atoms in total. The van der Waals surface area contributed by atoms with Gasteiger partial charge in [-0.15, -0.1) is 0 Å². The van der Waals surface area contributed by atoms with Crippen molar-refractivity contribution in [1.82, 2.24) is 10.3 Å². The Morgan fingerprint density at radius 2 is 1.67 bits per heavy atom. The van der Waals surface area contributed by atoms with Gasteiger partial charge in [0.2, 0.25) is 0 Å². The number of hydrogen-bond acceptors (Lipinski definition) is 3. The van der Waals surface area contributed by atoms with Crippen LogP contribution in [0.1, 0.15) is 89.5 Å². The van der Waals surface area contributed by atoms with Gasteiger partial charge in [-0.05, 0) is 62.6 Å². The van der Waals surface area contributed by atoms with Crippen LogP contribution in [-0.2, 0) is 11.2 Å². The summed E-state index contributed by atoms with van der Waals surface area (Å²) in [5.41, 5.74) is 1.70. The van der Waals surface area contributed by atoms with Crippen LogP contribution >= 0.6 is 0 Å². The van der Waals surface area contributed by atoms with Crippen molar-refractivity contribution >= 4 is 17.0 Å². The minimum Gasteiger partial charge on any atom is -0.493 e. The topological polar surface area (TPSA) is 63.3 Å². The molecule has 36 heavy (non-hydrogen) atoms. The van der Waals surface area contributed by atoms with Gasteiger partial charge < -0.3 is 19.8 Å². The van der Waals surface area contributed by atoms with E-state index in [9.17, 15) is 9.18 Å². The summed E-state index contributed by atoms with van der Waals surface area (Å²) in [5.74, 6) is -0.171. The van der Waals surface area contributed by atoms with E-state index < -0.39 is 11.9 Å². The highest BCUT2D eigenvalue weighted by molar-refractivity contribution is 5.89. The molecule has 1 heterocycles. The molecule has 0 aliphatic heterocycles. The maximum Gasteiger partial charge on any atom is 0.407 e. The third kappa shape index (κ3) is 11.3. The molecule has 0 fully saturated rings. The molecule has 0 atom stereocenters. The van der Waals surface area contributed by atoms with E-state index in [1.165, 1.54) is 64.5 Å². The average Bonchev–Trinajstić information content (AvgIpc) is 3.29. The number of amides is 1. The molecule has 0 spiro atoms. The predicted octanol–water partition coefficient (Wildman–Crippen LogP) is 8.40. The Labute approximate surface area is 216 Å². The predicted molar refractivity (Wildman–Crippen MR) is 147 cm³/mol. The Kier molecular flexibility index (Phi) is 15.1. The number of unbranched alkanes of at least 4 members (excludes halogenated alkanes) is 9. The summed E-state index contributed by atoms with van der Waals surface area (Å²) < 4.78 is 24.5. The fraction of sp³-hybridized carbons (Fsp3) is 0.567. The number of allylic oxidation sites excluding steroid dienone is 4. The first-order chi connectivity index (χ1) is 17.7. The molecule has 0 radical (unpaired) electrons. The second-order valence-corrected chi connectivity index (χ2v) is 9.21. The lowest BCUT2D eigenvalue weighted by molar-refractivity contribution is 0.144. The van der Waals surface area contributed by atoms with Gasteiger partial charge in [0.25, 0.3) is 0 Å². The molecule has 0 aliphatic carbocycles. The van der Waals surface area contributed by atoms with Gasteiger partial charge in [0, 0.05) is 23.6 Å². The average molecular weight is 501 g/mol. The van der Waals surface area contributed by atoms with E-state index in [0.29, 0.717) is 25.0 Å². The van der Waals surface area contributed by atoms with Crippen molar-refractivity contribution < 1.29 is 18.7 Å². The third-order valence-corrected chi connectivity index (χ3v) is 6.28. The molecular formula is C30H45FN2O3. The molecule has 6 heteroatoms. The fourth-order valence-electron chi connectivity index (χ4n) is 4.24. The number of methoxy groups -OCH3 is 1. The fourth-order valence-corrected chi connectivity index (χ4v) is 4.24. The molecule has 0 unspecified atom stereocenters. The Hall–Kier alpha value is -2.76. The van der Waals surface area contributed by atoms with Gasteiger partial charge >= 0.3 is 6.09 Å². The van der Waals surface area contributed by atoms with Gasteiger partial charge in [-0.25, -0.2) is 9.18 Å². The number of nitrogens with one attached hydrogen (secondary N) is 2. The lowest BCUT2D eigenvalue weighted by Crippen LogP contribution is -2.26. The van der Waals surface area contributed by atoms with Crippen LogP contribution in [-0.4, -0.2) is 31.3 Å². The molecule has 0 bridgehead atoms. The summed E-state index contributed by atoms with van der Waals surface area (Å²) in [6, 6.07) is 3.07. The number of halogens is 1. The van der Waals surface area contributed by atoms with E-state index >= 15 is 0 Å². The molecule has 2 aromatic rings. The van der Waals surface area contributed by atoms with Crippen LogP contribution in [0.4, 0.5) is 9.18 Å². The number of carbonyl (C=O) groups excluding carboxylic acids is 1. The van der Waals surface area contributed by atoms with Crippen LogP contribution in [0.3, 0.4) is 0 Å². The van der Waals surface area contributed by atoms with E-state index in [1.807, 2.05) is 6.20 Å². The van der Waals surface area contributed by atoms with Crippen molar-refractivity contribution in [2.45, 2.75) is 90.4 Å². The number of aromatic amines is 1. The first-order valence-electron chi connectivity index (χ1n) is 13.7. The van der Waals surface area contributed by atoms with E-state index in [4.69, 9.17) is 9.47 Å². The molecular weight excluding hydrogens is 455 g/mol. The van der Waals surface area contributed by atoms with Crippen molar-refractivity contribution in [3.8, 4) is 5.75 Å². The maximum atomic E-state index is 14.0. The summed E-state index contributed by atoms with van der Waals surface area (Å²) in [6.07, 6.45) is 25.3. The number of aromatic nitrogens is 1. The zero-order valence-electron chi connectivity index (χ0n) is 22.3. The number of H-pyrrole nitrogens is 1. The number of benzene rings is 1. The smallest absolute Gasteiger partial charge is 0.407 e. The van der Waals surface area contributed by atoms with Gasteiger partial charge in [0.1, 0.15) is 0 Å². The van der Waals surface area contributed by atoms with Gasteiger partial charge in [-0.3, -0.25) is 0 Å². The van der Waals surface area contributed by atoms with E-state index in [2.05, 4.69) is 41.5 Å². The highest BCUT2D eigenvalue weighted by atomic mass is 19.1. The molecule has 1 aromatic carbocycles. The Balaban J connectivity index is 1.44. The largest absolute Gasteiger partial charge is 0.493 e. The Morgan fingerprint density at radius 1 is 0.972 bits per heavy atom. The van der Waals surface area contributed by atoms with Crippen LogP contribution < -0.4 is 10.1 Å². The van der Waals surface area contributed by atoms with Crippen molar-refractivity contribution in [3.05, 3.63) is 54.0 Å². The Bertz CT molecular complexity index is 936. The lowest BCUT2D eigenvalue weighted by Gasteiger charge is -2.08. The minimum atomic E-state index is -0.407. The lowest BCUT2D eigenvalue weighted by atomic mass is 10.1. The number of ether oxygens (including phenoxy) is 2. The van der Waals surface area contributed by atoms with Gasteiger partial charge in [-0.2, -0.15) is 0 Å². The molecule has 2 rings (SSSR count). The molecule has 0 saturated carbocycles. The first-order valence-corrected chi connectivity index (χ1v) is 13.7. The number of hydrogen-bond donors (Lipinski definition) is 2. The zero-order valence-corrected chi connectivity index (χ0v) is 22.3. The number of alkyl carbamates (subject to hydrolysis) is 1. The summed E-state index contributed by atoms with van der Waals surface area (Å²) in [6.45, 7) is 3.09. The van der Waals surface area contributed by atoms with Crippen molar-refractivity contribution in [2.75, 3.05) is 20.3 Å². The highest BCUT2D eigenvalue weighted by Gasteiger charge is 2.14. The summed E-state index contributed by atoms with van der Waals surface area (Å²) in [7, 11) is 1.46. The van der Waals surface area contributed by atoms with Crippen LogP contribution in [0, 0.1) is 5.82 Å². The highest BCUT2D eigenvalue weighted by Crippen LogP contribution is 2.31. The second kappa shape index (κ2) is 18.5. The molecule has 1 aromatic heterocycles. The maximum absolute atomic E-state index is 14.0. The van der Waals surface area contributed by atoms with Gasteiger partial charge in [0.15, 0.2) is 11.6 Å². The first kappa shape index (κ1) is 29.5. The van der Waals surface area contributed by atoms with E-state index in [1.54, 1.807) is 6.07 Å². The number of fused-ring (bicyclic) bond motifs is 1. The van der Waals surface area contributed by atoms with Crippen molar-refractivity contribution in [3.63, 3.8) is 0 Å². The molecule has 2 N–H and O–H groups in total. The standard InChI is InChI=1S/C30H45FN2O3/c1-3-4-5-6-7-8-9-10-11-12-13-14-15-16-17-18-23-36-30(34)32-22-21-25-24-33-27-20-19-26(31)29(35-2)28(25)27/h7-8,10-11,19-20,24,33H,3-6,9,12-18,21-23H2,1-2H3,(H,32,34)/b8-7-,11-10-. The van der Waals surface area contributed by atoms with Gasteiger partial charge in [0.05, 0.1) is 13.7 Å².